The molecule has 1 aromatic rings. The number of fused-ring (bicyclic) bond motifs is 1. The molecule has 1 saturated heterocycles. The Morgan fingerprint density at radius 3 is 2.90 bits per heavy atom. The van der Waals surface area contributed by atoms with Gasteiger partial charge in [0.15, 0.2) is 0 Å². The molecule has 1 N–H and O–H groups in total. The Labute approximate surface area is 123 Å². The third-order valence-electron chi connectivity index (χ3n) is 5.08. The quantitative estimate of drug-likeness (QED) is 0.878. The summed E-state index contributed by atoms with van der Waals surface area (Å²) in [7, 11) is 0. The minimum absolute atomic E-state index is 0.451. The number of benzene rings is 1. The molecule has 0 radical (unpaired) electrons. The predicted octanol–water partition coefficient (Wildman–Crippen LogP) is 3.91. The van der Waals surface area contributed by atoms with Gasteiger partial charge in [0, 0.05) is 25.3 Å². The first-order valence-corrected chi connectivity index (χ1v) is 8.11. The molecule has 0 aliphatic carbocycles. The van der Waals surface area contributed by atoms with Crippen LogP contribution in [-0.2, 0) is 13.0 Å². The molecule has 2 heterocycles. The monoisotopic (exact) mass is 272 g/mol. The highest BCUT2D eigenvalue weighted by molar-refractivity contribution is 5.56. The fraction of sp³-hybridized carbons (Fsp3) is 0.667. The van der Waals surface area contributed by atoms with Crippen LogP contribution in [0.2, 0.25) is 0 Å². The zero-order valence-corrected chi connectivity index (χ0v) is 13.2. The molecule has 20 heavy (non-hydrogen) atoms. The number of anilines is 1. The van der Waals surface area contributed by atoms with E-state index in [0.717, 1.165) is 19.0 Å². The van der Waals surface area contributed by atoms with Crippen LogP contribution in [0.4, 0.5) is 5.69 Å². The number of likely N-dealkylation sites (tertiary alicyclic amines) is 1. The Kier molecular flexibility index (Phi) is 3.76. The van der Waals surface area contributed by atoms with Crippen molar-refractivity contribution in [2.75, 3.05) is 25.0 Å². The smallest absolute Gasteiger partial charge is 0.0375 e. The van der Waals surface area contributed by atoms with Gasteiger partial charge in [0.25, 0.3) is 0 Å². The summed E-state index contributed by atoms with van der Waals surface area (Å²) in [5, 5.41) is 3.54. The molecule has 1 fully saturated rings. The molecule has 0 bridgehead atoms. The highest BCUT2D eigenvalue weighted by atomic mass is 15.1. The minimum Gasteiger partial charge on any atom is -0.385 e. The average molecular weight is 272 g/mol. The van der Waals surface area contributed by atoms with Gasteiger partial charge in [0.2, 0.25) is 0 Å². The van der Waals surface area contributed by atoms with Crippen LogP contribution in [0.25, 0.3) is 0 Å². The van der Waals surface area contributed by atoms with Crippen molar-refractivity contribution in [2.45, 2.75) is 46.6 Å². The summed E-state index contributed by atoms with van der Waals surface area (Å²) in [5.41, 5.74) is 4.94. The molecule has 0 amide bonds. The lowest BCUT2D eigenvalue weighted by molar-refractivity contribution is 0.226. The van der Waals surface area contributed by atoms with Crippen molar-refractivity contribution in [1.29, 1.82) is 0 Å². The van der Waals surface area contributed by atoms with Gasteiger partial charge in [-0.1, -0.05) is 32.9 Å². The normalized spacial score (nSPS) is 23.4. The molecule has 0 aromatic heterocycles. The van der Waals surface area contributed by atoms with Crippen LogP contribution in [0.1, 0.15) is 44.7 Å². The SMILES string of the molecule is CC(C)(C)C1CCN(Cc2cccc3c2CCCN3)C1. The first-order valence-electron chi connectivity index (χ1n) is 8.11. The van der Waals surface area contributed by atoms with E-state index in [0.29, 0.717) is 5.41 Å². The first-order chi connectivity index (χ1) is 9.54. The summed E-state index contributed by atoms with van der Waals surface area (Å²) in [6.07, 6.45) is 3.88. The van der Waals surface area contributed by atoms with Crippen molar-refractivity contribution in [3.8, 4) is 0 Å². The van der Waals surface area contributed by atoms with Gasteiger partial charge < -0.3 is 5.32 Å². The molecule has 0 spiro atoms. The van der Waals surface area contributed by atoms with Crippen molar-refractivity contribution in [2.24, 2.45) is 11.3 Å². The Balaban J connectivity index is 1.70. The van der Waals surface area contributed by atoms with Crippen molar-refractivity contribution in [3.05, 3.63) is 29.3 Å². The zero-order chi connectivity index (χ0) is 14.2. The van der Waals surface area contributed by atoms with Crippen LogP contribution in [0, 0.1) is 11.3 Å². The van der Waals surface area contributed by atoms with Crippen molar-refractivity contribution in [3.63, 3.8) is 0 Å². The lowest BCUT2D eigenvalue weighted by atomic mass is 9.80. The van der Waals surface area contributed by atoms with E-state index in [4.69, 9.17) is 0 Å². The van der Waals surface area contributed by atoms with Crippen LogP contribution in [-0.4, -0.2) is 24.5 Å². The lowest BCUT2D eigenvalue weighted by Crippen LogP contribution is -2.26. The average Bonchev–Trinajstić information content (AvgIpc) is 2.88. The second kappa shape index (κ2) is 5.40. The Morgan fingerprint density at radius 1 is 1.30 bits per heavy atom. The molecule has 2 heteroatoms. The largest absolute Gasteiger partial charge is 0.385 e. The van der Waals surface area contributed by atoms with E-state index in [1.54, 1.807) is 11.1 Å². The van der Waals surface area contributed by atoms with Gasteiger partial charge in [-0.15, -0.1) is 0 Å². The van der Waals surface area contributed by atoms with Gasteiger partial charge in [-0.25, -0.2) is 0 Å². The summed E-state index contributed by atoms with van der Waals surface area (Å²) in [6.45, 7) is 11.9. The van der Waals surface area contributed by atoms with E-state index in [2.05, 4.69) is 49.2 Å². The van der Waals surface area contributed by atoms with E-state index in [1.807, 2.05) is 0 Å². The number of hydrogen-bond donors (Lipinski definition) is 1. The van der Waals surface area contributed by atoms with Crippen LogP contribution in [0.3, 0.4) is 0 Å². The van der Waals surface area contributed by atoms with E-state index in [-0.39, 0.29) is 0 Å². The summed E-state index contributed by atoms with van der Waals surface area (Å²) in [5.74, 6) is 0.847. The summed E-state index contributed by atoms with van der Waals surface area (Å²) in [4.78, 5) is 2.65. The fourth-order valence-electron chi connectivity index (χ4n) is 3.66. The molecule has 1 unspecified atom stereocenters. The molecule has 2 aliphatic heterocycles. The molecule has 2 aliphatic rings. The maximum atomic E-state index is 3.54. The fourth-order valence-corrected chi connectivity index (χ4v) is 3.66. The highest BCUT2D eigenvalue weighted by Gasteiger charge is 2.31. The van der Waals surface area contributed by atoms with Crippen molar-refractivity contribution < 1.29 is 0 Å². The van der Waals surface area contributed by atoms with E-state index in [1.165, 1.54) is 38.0 Å². The van der Waals surface area contributed by atoms with Gasteiger partial charge >= 0.3 is 0 Å². The Bertz CT molecular complexity index is 473. The number of rotatable bonds is 2. The molecular weight excluding hydrogens is 244 g/mol. The maximum Gasteiger partial charge on any atom is 0.0375 e. The first kappa shape index (κ1) is 13.9. The molecule has 1 aromatic carbocycles. The molecule has 2 nitrogen and oxygen atoms in total. The second-order valence-electron chi connectivity index (χ2n) is 7.56. The standard InChI is InChI=1S/C18H28N2/c1-18(2,3)15-9-11-20(13-15)12-14-6-4-8-17-16(14)7-5-10-19-17/h4,6,8,15,19H,5,7,9-13H2,1-3H3. The predicted molar refractivity (Wildman–Crippen MR) is 86.1 cm³/mol. The molecule has 0 saturated carbocycles. The van der Waals surface area contributed by atoms with Gasteiger partial charge in [0.05, 0.1) is 0 Å². The Morgan fingerprint density at radius 2 is 2.15 bits per heavy atom. The van der Waals surface area contributed by atoms with Gasteiger partial charge in [-0.05, 0) is 54.3 Å². The van der Waals surface area contributed by atoms with Crippen molar-refractivity contribution in [1.82, 2.24) is 4.90 Å². The third-order valence-corrected chi connectivity index (χ3v) is 5.08. The highest BCUT2D eigenvalue weighted by Crippen LogP contribution is 2.35. The van der Waals surface area contributed by atoms with Crippen LogP contribution >= 0.6 is 0 Å². The van der Waals surface area contributed by atoms with Gasteiger partial charge in [-0.3, -0.25) is 4.90 Å². The van der Waals surface area contributed by atoms with Crippen LogP contribution in [0.15, 0.2) is 18.2 Å². The summed E-state index contributed by atoms with van der Waals surface area (Å²) >= 11 is 0. The topological polar surface area (TPSA) is 15.3 Å². The molecular formula is C18H28N2. The van der Waals surface area contributed by atoms with Crippen LogP contribution < -0.4 is 5.32 Å². The van der Waals surface area contributed by atoms with Crippen LogP contribution in [0.5, 0.6) is 0 Å². The molecule has 110 valence electrons. The molecule has 3 rings (SSSR count). The summed E-state index contributed by atoms with van der Waals surface area (Å²) in [6, 6.07) is 6.78. The summed E-state index contributed by atoms with van der Waals surface area (Å²) < 4.78 is 0. The van der Waals surface area contributed by atoms with Gasteiger partial charge in [0.1, 0.15) is 0 Å². The zero-order valence-electron chi connectivity index (χ0n) is 13.2. The van der Waals surface area contributed by atoms with Crippen molar-refractivity contribution >= 4 is 5.69 Å². The van der Waals surface area contributed by atoms with E-state index < -0.39 is 0 Å². The third kappa shape index (κ3) is 2.85. The number of nitrogens with zero attached hydrogens (tertiary/aromatic N) is 1. The van der Waals surface area contributed by atoms with Gasteiger partial charge in [-0.2, -0.15) is 0 Å². The number of hydrogen-bond acceptors (Lipinski definition) is 2. The minimum atomic E-state index is 0.451. The number of nitrogens with one attached hydrogen (secondary N) is 1. The second-order valence-corrected chi connectivity index (χ2v) is 7.56. The molecule has 1 atom stereocenters. The van der Waals surface area contributed by atoms with E-state index >= 15 is 0 Å². The Hall–Kier alpha value is -1.02. The lowest BCUT2D eigenvalue weighted by Gasteiger charge is -2.28. The maximum absolute atomic E-state index is 3.54. The van der Waals surface area contributed by atoms with E-state index in [9.17, 15) is 0 Å².